The van der Waals surface area contributed by atoms with E-state index in [1.54, 1.807) is 4.68 Å². The summed E-state index contributed by atoms with van der Waals surface area (Å²) in [7, 11) is 1.90. The molecule has 0 saturated carbocycles. The summed E-state index contributed by atoms with van der Waals surface area (Å²) >= 11 is 6.01. The van der Waals surface area contributed by atoms with Crippen molar-refractivity contribution in [3.63, 3.8) is 0 Å². The maximum atomic E-state index is 6.01. The topological polar surface area (TPSA) is 48.5 Å². The van der Waals surface area contributed by atoms with Crippen LogP contribution in [0.5, 0.6) is 0 Å². The van der Waals surface area contributed by atoms with Crippen LogP contribution in [-0.2, 0) is 12.9 Å². The molecule has 0 aliphatic heterocycles. The molecule has 0 atom stereocenters. The van der Waals surface area contributed by atoms with Crippen molar-refractivity contribution in [2.24, 2.45) is 7.05 Å². The van der Waals surface area contributed by atoms with Crippen LogP contribution in [0, 0.1) is 13.8 Å². The highest BCUT2D eigenvalue weighted by atomic mass is 35.5. The van der Waals surface area contributed by atoms with Crippen LogP contribution in [0.4, 0.5) is 0 Å². The minimum Gasteiger partial charge on any atom is -0.276 e. The largest absolute Gasteiger partial charge is 0.276 e. The molecule has 0 saturated heterocycles. The van der Waals surface area contributed by atoms with Gasteiger partial charge in [0.25, 0.3) is 0 Å². The molecule has 0 aliphatic rings. The number of aryl methyl sites for hydroxylation is 3. The summed E-state index contributed by atoms with van der Waals surface area (Å²) in [5.74, 6) is 1.12. The van der Waals surface area contributed by atoms with Gasteiger partial charge in [-0.05, 0) is 26.0 Å². The molecule has 3 aromatic heterocycles. The Kier molecular flexibility index (Phi) is 2.78. The second kappa shape index (κ2) is 4.35. The first kappa shape index (κ1) is 12.2. The molecule has 0 fully saturated rings. The van der Waals surface area contributed by atoms with E-state index in [9.17, 15) is 0 Å². The number of pyridine rings is 1. The van der Waals surface area contributed by atoms with Gasteiger partial charge in [-0.2, -0.15) is 5.10 Å². The Hall–Kier alpha value is -1.88. The van der Waals surface area contributed by atoms with Crippen molar-refractivity contribution in [3.05, 3.63) is 35.5 Å². The molecule has 3 aromatic rings. The lowest BCUT2D eigenvalue weighted by atomic mass is 10.3. The van der Waals surface area contributed by atoms with E-state index in [0.717, 1.165) is 34.1 Å². The zero-order valence-corrected chi connectivity index (χ0v) is 11.8. The van der Waals surface area contributed by atoms with Gasteiger partial charge in [0.2, 0.25) is 0 Å². The lowest BCUT2D eigenvalue weighted by Gasteiger charge is -2.05. The minimum absolute atomic E-state index is 0.337. The molecule has 0 spiro atoms. The van der Waals surface area contributed by atoms with Gasteiger partial charge in [-0.25, -0.2) is 9.97 Å². The molecule has 0 aromatic carbocycles. The highest BCUT2D eigenvalue weighted by molar-refractivity contribution is 6.16. The number of hydrogen-bond acceptors (Lipinski definition) is 3. The average molecular weight is 276 g/mol. The summed E-state index contributed by atoms with van der Waals surface area (Å²) in [6.45, 7) is 3.93. The quantitative estimate of drug-likeness (QED) is 0.675. The minimum atomic E-state index is 0.337. The molecule has 0 bridgehead atoms. The lowest BCUT2D eigenvalue weighted by Crippen LogP contribution is -2.01. The standard InChI is InChI=1S/C13H14ClN5/c1-8-4-5-10-13(15-8)19(12(6-14)16-10)11-7-18(3)17-9(11)2/h4-5,7H,6H2,1-3H3. The van der Waals surface area contributed by atoms with Crippen molar-refractivity contribution in [2.75, 3.05) is 0 Å². The van der Waals surface area contributed by atoms with Gasteiger partial charge in [-0.15, -0.1) is 11.6 Å². The lowest BCUT2D eigenvalue weighted by molar-refractivity contribution is 0.756. The highest BCUT2D eigenvalue weighted by Crippen LogP contribution is 2.23. The zero-order chi connectivity index (χ0) is 13.6. The molecule has 98 valence electrons. The summed E-state index contributed by atoms with van der Waals surface area (Å²) in [6.07, 6.45) is 1.95. The molecule has 3 rings (SSSR count). The number of rotatable bonds is 2. The smallest absolute Gasteiger partial charge is 0.165 e. The van der Waals surface area contributed by atoms with Crippen LogP contribution in [0.2, 0.25) is 0 Å². The van der Waals surface area contributed by atoms with E-state index in [-0.39, 0.29) is 0 Å². The van der Waals surface area contributed by atoms with E-state index in [1.807, 2.05) is 43.8 Å². The summed E-state index contributed by atoms with van der Waals surface area (Å²) in [6, 6.07) is 3.92. The van der Waals surface area contributed by atoms with Crippen LogP contribution in [0.3, 0.4) is 0 Å². The van der Waals surface area contributed by atoms with Crippen LogP contribution < -0.4 is 0 Å². The fraction of sp³-hybridized carbons (Fsp3) is 0.308. The van der Waals surface area contributed by atoms with Gasteiger partial charge in [0, 0.05) is 18.9 Å². The van der Waals surface area contributed by atoms with Gasteiger partial charge in [0.1, 0.15) is 11.3 Å². The van der Waals surface area contributed by atoms with Gasteiger partial charge in [-0.1, -0.05) is 0 Å². The molecule has 0 radical (unpaired) electrons. The third-order valence-corrected chi connectivity index (χ3v) is 3.30. The molecule has 0 amide bonds. The summed E-state index contributed by atoms with van der Waals surface area (Å²) in [5.41, 5.74) is 4.53. The Morgan fingerprint density at radius 2 is 2.00 bits per heavy atom. The summed E-state index contributed by atoms with van der Waals surface area (Å²) < 4.78 is 3.77. The Labute approximate surface area is 115 Å². The number of fused-ring (bicyclic) bond motifs is 1. The normalized spacial score (nSPS) is 11.4. The van der Waals surface area contributed by atoms with E-state index in [1.165, 1.54) is 0 Å². The van der Waals surface area contributed by atoms with E-state index in [2.05, 4.69) is 15.1 Å². The predicted octanol–water partition coefficient (Wildman–Crippen LogP) is 2.51. The molecule has 19 heavy (non-hydrogen) atoms. The number of imidazole rings is 1. The number of nitrogens with zero attached hydrogens (tertiary/aromatic N) is 5. The summed E-state index contributed by atoms with van der Waals surface area (Å²) in [4.78, 5) is 9.11. The van der Waals surface area contributed by atoms with E-state index in [0.29, 0.717) is 5.88 Å². The van der Waals surface area contributed by atoms with Crippen LogP contribution in [0.15, 0.2) is 18.3 Å². The Bertz CT molecular complexity index is 756. The van der Waals surface area contributed by atoms with Crippen LogP contribution in [0.1, 0.15) is 17.2 Å². The third-order valence-electron chi connectivity index (χ3n) is 3.06. The maximum absolute atomic E-state index is 6.01. The first-order valence-corrected chi connectivity index (χ1v) is 6.55. The van der Waals surface area contributed by atoms with Crippen LogP contribution >= 0.6 is 11.6 Å². The average Bonchev–Trinajstić information content (AvgIpc) is 2.88. The first-order valence-electron chi connectivity index (χ1n) is 6.01. The maximum Gasteiger partial charge on any atom is 0.165 e. The first-order chi connectivity index (χ1) is 9.10. The molecular weight excluding hydrogens is 262 g/mol. The molecule has 3 heterocycles. The van der Waals surface area contributed by atoms with E-state index >= 15 is 0 Å². The van der Waals surface area contributed by atoms with Gasteiger partial charge in [-0.3, -0.25) is 9.25 Å². The van der Waals surface area contributed by atoms with Crippen molar-refractivity contribution in [1.82, 2.24) is 24.3 Å². The second-order valence-electron chi connectivity index (χ2n) is 4.57. The van der Waals surface area contributed by atoms with Gasteiger partial charge in [0.15, 0.2) is 5.65 Å². The molecular formula is C13H14ClN5. The summed E-state index contributed by atoms with van der Waals surface area (Å²) in [5, 5.41) is 4.37. The predicted molar refractivity (Wildman–Crippen MR) is 74.7 cm³/mol. The van der Waals surface area contributed by atoms with Crippen molar-refractivity contribution < 1.29 is 0 Å². The fourth-order valence-corrected chi connectivity index (χ4v) is 2.43. The number of alkyl halides is 1. The van der Waals surface area contributed by atoms with Crippen molar-refractivity contribution >= 4 is 22.8 Å². The van der Waals surface area contributed by atoms with Gasteiger partial charge < -0.3 is 0 Å². The number of aromatic nitrogens is 5. The fourth-order valence-electron chi connectivity index (χ4n) is 2.25. The molecule has 0 aliphatic carbocycles. The number of hydrogen-bond donors (Lipinski definition) is 0. The van der Waals surface area contributed by atoms with Crippen LogP contribution in [0.25, 0.3) is 16.9 Å². The zero-order valence-electron chi connectivity index (χ0n) is 11.1. The second-order valence-corrected chi connectivity index (χ2v) is 4.83. The Balaban J connectivity index is 2.37. The van der Waals surface area contributed by atoms with Crippen LogP contribution in [-0.4, -0.2) is 24.3 Å². The molecule has 6 heteroatoms. The van der Waals surface area contributed by atoms with E-state index < -0.39 is 0 Å². The van der Waals surface area contributed by atoms with Crippen molar-refractivity contribution in [1.29, 1.82) is 0 Å². The SMILES string of the molecule is Cc1ccc2nc(CCl)n(-c3cn(C)nc3C)c2n1. The van der Waals surface area contributed by atoms with Crippen molar-refractivity contribution in [2.45, 2.75) is 19.7 Å². The monoisotopic (exact) mass is 275 g/mol. The van der Waals surface area contributed by atoms with Crippen molar-refractivity contribution in [3.8, 4) is 5.69 Å². The Morgan fingerprint density at radius 3 is 2.63 bits per heavy atom. The van der Waals surface area contributed by atoms with Gasteiger partial charge >= 0.3 is 0 Å². The molecule has 5 nitrogen and oxygen atoms in total. The third kappa shape index (κ3) is 1.90. The van der Waals surface area contributed by atoms with Gasteiger partial charge in [0.05, 0.1) is 17.3 Å². The molecule has 0 unspecified atom stereocenters. The Morgan fingerprint density at radius 1 is 1.21 bits per heavy atom. The van der Waals surface area contributed by atoms with E-state index in [4.69, 9.17) is 11.6 Å². The number of halogens is 1. The molecule has 0 N–H and O–H groups in total. The highest BCUT2D eigenvalue weighted by Gasteiger charge is 2.16.